The number of piperidine rings is 1. The Balaban J connectivity index is 1.42. The lowest BCUT2D eigenvalue weighted by molar-refractivity contribution is -0.133. The van der Waals surface area contributed by atoms with Crippen LogP contribution in [0.1, 0.15) is 24.0 Å². The van der Waals surface area contributed by atoms with E-state index in [9.17, 15) is 9.59 Å². The van der Waals surface area contributed by atoms with Crippen LogP contribution >= 0.6 is 0 Å². The van der Waals surface area contributed by atoms with Crippen molar-refractivity contribution in [2.45, 2.75) is 31.5 Å². The molecular formula is C25H31N3O6. The van der Waals surface area contributed by atoms with Crippen LogP contribution in [-0.4, -0.2) is 68.8 Å². The second kappa shape index (κ2) is 9.80. The average molecular weight is 470 g/mol. The fourth-order valence-electron chi connectivity index (χ4n) is 4.61. The Hall–Kier alpha value is -3.46. The van der Waals surface area contributed by atoms with Gasteiger partial charge < -0.3 is 24.3 Å². The van der Waals surface area contributed by atoms with Gasteiger partial charge in [-0.15, -0.1) is 0 Å². The summed E-state index contributed by atoms with van der Waals surface area (Å²) in [5.41, 5.74) is 0.978. The van der Waals surface area contributed by atoms with Crippen molar-refractivity contribution in [2.24, 2.45) is 0 Å². The summed E-state index contributed by atoms with van der Waals surface area (Å²) in [5, 5.41) is 2.98. The highest BCUT2D eigenvalue weighted by atomic mass is 16.5. The normalized spacial score (nSPS) is 17.6. The molecule has 2 fully saturated rings. The molecule has 2 aromatic carbocycles. The van der Waals surface area contributed by atoms with Crippen LogP contribution in [0.3, 0.4) is 0 Å². The number of urea groups is 1. The zero-order chi connectivity index (χ0) is 24.3. The summed E-state index contributed by atoms with van der Waals surface area (Å²) in [4.78, 5) is 29.7. The smallest absolute Gasteiger partial charge is 0.325 e. The fraction of sp³-hybridized carbons (Fsp3) is 0.440. The van der Waals surface area contributed by atoms with Gasteiger partial charge in [0.25, 0.3) is 5.91 Å². The monoisotopic (exact) mass is 469 g/mol. The van der Waals surface area contributed by atoms with Crippen LogP contribution in [0, 0.1) is 0 Å². The zero-order valence-corrected chi connectivity index (χ0v) is 20.1. The van der Waals surface area contributed by atoms with E-state index in [1.807, 2.05) is 18.2 Å². The number of benzene rings is 2. The van der Waals surface area contributed by atoms with Gasteiger partial charge in [-0.2, -0.15) is 0 Å². The molecule has 9 heteroatoms. The van der Waals surface area contributed by atoms with Gasteiger partial charge in [0.2, 0.25) is 0 Å². The van der Waals surface area contributed by atoms with Crippen LogP contribution in [0.4, 0.5) is 4.79 Å². The second-order valence-corrected chi connectivity index (χ2v) is 8.62. The number of imide groups is 1. The third-order valence-corrected chi connectivity index (χ3v) is 6.52. The van der Waals surface area contributed by atoms with Gasteiger partial charge >= 0.3 is 6.03 Å². The maximum absolute atomic E-state index is 13.4. The third kappa shape index (κ3) is 4.75. The van der Waals surface area contributed by atoms with Crippen molar-refractivity contribution < 1.29 is 28.5 Å². The molecular weight excluding hydrogens is 438 g/mol. The Morgan fingerprint density at radius 1 is 0.735 bits per heavy atom. The molecule has 0 radical (unpaired) electrons. The van der Waals surface area contributed by atoms with Crippen LogP contribution < -0.4 is 24.3 Å². The molecule has 3 amide bonds. The molecule has 2 aliphatic heterocycles. The summed E-state index contributed by atoms with van der Waals surface area (Å²) in [6, 6.07) is 10.8. The number of hydrogen-bond acceptors (Lipinski definition) is 7. The lowest BCUT2D eigenvalue weighted by Gasteiger charge is -2.37. The Morgan fingerprint density at radius 2 is 1.18 bits per heavy atom. The van der Waals surface area contributed by atoms with Gasteiger partial charge in [0, 0.05) is 31.8 Å². The number of hydrogen-bond donors (Lipinski definition) is 1. The van der Waals surface area contributed by atoms with E-state index in [2.05, 4.69) is 10.2 Å². The first-order valence-corrected chi connectivity index (χ1v) is 11.2. The van der Waals surface area contributed by atoms with E-state index in [4.69, 9.17) is 18.9 Å². The van der Waals surface area contributed by atoms with Crippen LogP contribution in [0.15, 0.2) is 36.4 Å². The summed E-state index contributed by atoms with van der Waals surface area (Å²) >= 11 is 0. The molecule has 2 heterocycles. The molecule has 182 valence electrons. The minimum Gasteiger partial charge on any atom is -0.497 e. The highest BCUT2D eigenvalue weighted by Gasteiger charge is 2.52. The van der Waals surface area contributed by atoms with Crippen LogP contribution in [-0.2, 0) is 17.9 Å². The van der Waals surface area contributed by atoms with Gasteiger partial charge in [-0.05, 0) is 48.2 Å². The van der Waals surface area contributed by atoms with E-state index in [1.54, 1.807) is 46.6 Å². The quantitative estimate of drug-likeness (QED) is 0.595. The van der Waals surface area contributed by atoms with Crippen molar-refractivity contribution >= 4 is 11.9 Å². The van der Waals surface area contributed by atoms with Crippen molar-refractivity contribution in [3.05, 3.63) is 47.5 Å². The molecule has 0 saturated carbocycles. The van der Waals surface area contributed by atoms with Gasteiger partial charge in [0.05, 0.1) is 35.0 Å². The predicted molar refractivity (Wildman–Crippen MR) is 125 cm³/mol. The van der Waals surface area contributed by atoms with Gasteiger partial charge in [-0.1, -0.05) is 0 Å². The minimum atomic E-state index is -0.859. The van der Waals surface area contributed by atoms with Crippen molar-refractivity contribution in [2.75, 3.05) is 41.5 Å². The standard InChI is InChI=1S/C25H31N3O6/c1-31-19-9-17(10-20(13-19)32-2)15-27-7-5-25(6-8-27)23(29)28(24(30)26-25)16-18-11-21(33-3)14-22(12-18)34-4/h9-14H,5-8,15-16H2,1-4H3,(H,26,30). The molecule has 34 heavy (non-hydrogen) atoms. The summed E-state index contributed by atoms with van der Waals surface area (Å²) < 4.78 is 21.4. The number of methoxy groups -OCH3 is 4. The van der Waals surface area contributed by atoms with Gasteiger partial charge in [-0.25, -0.2) is 4.79 Å². The van der Waals surface area contributed by atoms with E-state index in [-0.39, 0.29) is 18.5 Å². The van der Waals surface area contributed by atoms with E-state index >= 15 is 0 Å². The molecule has 4 rings (SSSR count). The van der Waals surface area contributed by atoms with Crippen LogP contribution in [0.2, 0.25) is 0 Å². The van der Waals surface area contributed by atoms with Crippen molar-refractivity contribution in [3.63, 3.8) is 0 Å². The SMILES string of the molecule is COc1cc(CN2CCC3(CC2)NC(=O)N(Cc2cc(OC)cc(OC)c2)C3=O)cc(OC)c1. The molecule has 0 unspecified atom stereocenters. The number of carbonyl (C=O) groups is 2. The highest BCUT2D eigenvalue weighted by Crippen LogP contribution is 2.33. The number of nitrogens with one attached hydrogen (secondary N) is 1. The first-order chi connectivity index (χ1) is 16.4. The maximum Gasteiger partial charge on any atom is 0.325 e. The molecule has 0 aliphatic carbocycles. The van der Waals surface area contributed by atoms with Gasteiger partial charge in [0.15, 0.2) is 0 Å². The molecule has 0 atom stereocenters. The Morgan fingerprint density at radius 3 is 1.62 bits per heavy atom. The van der Waals surface area contributed by atoms with Crippen molar-refractivity contribution in [1.82, 2.24) is 15.1 Å². The van der Waals surface area contributed by atoms with Crippen molar-refractivity contribution in [1.29, 1.82) is 0 Å². The van der Waals surface area contributed by atoms with Gasteiger partial charge in [-0.3, -0.25) is 14.6 Å². The molecule has 0 bridgehead atoms. The first kappa shape index (κ1) is 23.7. The second-order valence-electron chi connectivity index (χ2n) is 8.62. The average Bonchev–Trinajstić information content (AvgIpc) is 3.08. The lowest BCUT2D eigenvalue weighted by Crippen LogP contribution is -2.54. The summed E-state index contributed by atoms with van der Waals surface area (Å²) in [7, 11) is 6.39. The van der Waals surface area contributed by atoms with Crippen LogP contribution in [0.5, 0.6) is 23.0 Å². The number of nitrogens with zero attached hydrogens (tertiary/aromatic N) is 2. The number of likely N-dealkylation sites (tertiary alicyclic amines) is 1. The number of amides is 3. The molecule has 2 saturated heterocycles. The molecule has 1 N–H and O–H groups in total. The molecule has 2 aliphatic rings. The molecule has 2 aromatic rings. The summed E-state index contributed by atoms with van der Waals surface area (Å²) in [6.07, 6.45) is 1.10. The largest absolute Gasteiger partial charge is 0.497 e. The Bertz CT molecular complexity index is 1020. The Kier molecular flexibility index (Phi) is 6.83. The fourth-order valence-corrected chi connectivity index (χ4v) is 4.61. The molecule has 9 nitrogen and oxygen atoms in total. The molecule has 1 spiro atoms. The van der Waals surface area contributed by atoms with Crippen molar-refractivity contribution in [3.8, 4) is 23.0 Å². The lowest BCUT2D eigenvalue weighted by atomic mass is 9.87. The number of rotatable bonds is 8. The topological polar surface area (TPSA) is 89.6 Å². The summed E-state index contributed by atoms with van der Waals surface area (Å²) in [5.74, 6) is 2.52. The third-order valence-electron chi connectivity index (χ3n) is 6.52. The number of ether oxygens (including phenoxy) is 4. The van der Waals surface area contributed by atoms with E-state index in [0.717, 1.165) is 22.6 Å². The van der Waals surface area contributed by atoms with E-state index in [0.29, 0.717) is 44.0 Å². The van der Waals surface area contributed by atoms with E-state index < -0.39 is 5.54 Å². The van der Waals surface area contributed by atoms with Crippen LogP contribution in [0.25, 0.3) is 0 Å². The predicted octanol–water partition coefficient (Wildman–Crippen LogP) is 2.81. The highest BCUT2D eigenvalue weighted by molar-refractivity contribution is 6.07. The maximum atomic E-state index is 13.4. The molecule has 0 aromatic heterocycles. The first-order valence-electron chi connectivity index (χ1n) is 11.2. The van der Waals surface area contributed by atoms with Gasteiger partial charge in [0.1, 0.15) is 28.5 Å². The Labute approximate surface area is 199 Å². The summed E-state index contributed by atoms with van der Waals surface area (Å²) in [6.45, 7) is 2.24. The van der Waals surface area contributed by atoms with E-state index in [1.165, 1.54) is 4.90 Å². The number of carbonyl (C=O) groups excluding carboxylic acids is 2. The zero-order valence-electron chi connectivity index (χ0n) is 20.1. The minimum absolute atomic E-state index is 0.160.